The van der Waals surface area contributed by atoms with E-state index in [1.54, 1.807) is 12.3 Å². The van der Waals surface area contributed by atoms with Crippen molar-refractivity contribution in [2.24, 2.45) is 0 Å². The van der Waals surface area contributed by atoms with Crippen LogP contribution in [0.5, 0.6) is 0 Å². The molecule has 0 saturated carbocycles. The van der Waals surface area contributed by atoms with Gasteiger partial charge in [-0.2, -0.15) is 10.1 Å². The van der Waals surface area contributed by atoms with Crippen molar-refractivity contribution in [3.05, 3.63) is 46.0 Å². The molecule has 94 valence electrons. The fourth-order valence-electron chi connectivity index (χ4n) is 1.44. The maximum atomic E-state index is 10.9. The summed E-state index contributed by atoms with van der Waals surface area (Å²) >= 11 is 5.84. The van der Waals surface area contributed by atoms with Crippen LogP contribution in [-0.4, -0.2) is 25.3 Å². The predicted molar refractivity (Wildman–Crippen MR) is 66.4 cm³/mol. The Kier molecular flexibility index (Phi) is 2.81. The highest BCUT2D eigenvalue weighted by Gasteiger charge is 2.12. The molecule has 0 saturated heterocycles. The maximum absolute atomic E-state index is 10.9. The van der Waals surface area contributed by atoms with E-state index in [9.17, 15) is 4.79 Å². The van der Waals surface area contributed by atoms with Gasteiger partial charge in [0.2, 0.25) is 5.82 Å². The van der Waals surface area contributed by atoms with Gasteiger partial charge in [-0.25, -0.2) is 5.10 Å². The summed E-state index contributed by atoms with van der Waals surface area (Å²) < 4.78 is 5.07. The Hall–Kier alpha value is -2.54. The zero-order valence-electron chi connectivity index (χ0n) is 9.37. The molecule has 0 aliphatic heterocycles. The summed E-state index contributed by atoms with van der Waals surface area (Å²) in [5.41, 5.74) is 0.711. The first-order chi connectivity index (χ1) is 9.22. The molecule has 0 bridgehead atoms. The second-order valence-corrected chi connectivity index (χ2v) is 4.06. The van der Waals surface area contributed by atoms with Gasteiger partial charge in [0.05, 0.1) is 5.02 Å². The number of aromatic amines is 1. The van der Waals surface area contributed by atoms with E-state index in [2.05, 4.69) is 25.3 Å². The number of hydrogen-bond acceptors (Lipinski definition) is 6. The first kappa shape index (κ1) is 11.5. The van der Waals surface area contributed by atoms with E-state index in [1.807, 2.05) is 0 Å². The van der Waals surface area contributed by atoms with Crippen molar-refractivity contribution in [1.29, 1.82) is 0 Å². The fraction of sp³-hybridized carbons (Fsp3) is 0. The Morgan fingerprint density at radius 3 is 2.89 bits per heavy atom. The Labute approximate surface area is 111 Å². The van der Waals surface area contributed by atoms with Crippen LogP contribution in [0.4, 0.5) is 0 Å². The van der Waals surface area contributed by atoms with Crippen LogP contribution in [0.3, 0.4) is 0 Å². The lowest BCUT2D eigenvalue weighted by molar-refractivity contribution is 0.430. The molecule has 8 heteroatoms. The summed E-state index contributed by atoms with van der Waals surface area (Å²) in [6.07, 6.45) is 3.08. The quantitative estimate of drug-likeness (QED) is 0.762. The summed E-state index contributed by atoms with van der Waals surface area (Å²) in [7, 11) is 0. The van der Waals surface area contributed by atoms with Crippen molar-refractivity contribution in [1.82, 2.24) is 25.3 Å². The molecular weight excluding hydrogens is 270 g/mol. The molecule has 0 unspecified atom stereocenters. The van der Waals surface area contributed by atoms with Gasteiger partial charge in [-0.15, -0.1) is 0 Å². The second-order valence-electron chi connectivity index (χ2n) is 3.62. The van der Waals surface area contributed by atoms with Crippen LogP contribution in [0.25, 0.3) is 23.0 Å². The number of H-pyrrole nitrogens is 1. The van der Waals surface area contributed by atoms with Crippen molar-refractivity contribution in [2.75, 3.05) is 0 Å². The molecule has 3 aromatic heterocycles. The third-order valence-electron chi connectivity index (χ3n) is 2.29. The minimum absolute atomic E-state index is 0.200. The molecule has 0 aliphatic carbocycles. The molecule has 0 amide bonds. The number of halogens is 1. The van der Waals surface area contributed by atoms with Gasteiger partial charge in [-0.1, -0.05) is 16.8 Å². The lowest BCUT2D eigenvalue weighted by Gasteiger charge is -1.93. The van der Waals surface area contributed by atoms with E-state index < -0.39 is 0 Å². The Morgan fingerprint density at radius 2 is 2.16 bits per heavy atom. The van der Waals surface area contributed by atoms with Gasteiger partial charge in [0.25, 0.3) is 11.4 Å². The Balaban J connectivity index is 1.99. The fourth-order valence-corrected chi connectivity index (χ4v) is 1.62. The molecule has 0 spiro atoms. The van der Waals surface area contributed by atoms with E-state index in [1.165, 1.54) is 18.3 Å². The number of aromatic nitrogens is 5. The first-order valence-corrected chi connectivity index (χ1v) is 5.61. The summed E-state index contributed by atoms with van der Waals surface area (Å²) in [6, 6.07) is 4.49. The van der Waals surface area contributed by atoms with Gasteiger partial charge in [0.15, 0.2) is 0 Å². The highest BCUT2D eigenvalue weighted by Crippen LogP contribution is 2.21. The molecule has 0 fully saturated rings. The SMILES string of the molecule is O=c1ccc(-c2nc(-c3cncc(Cl)c3)no2)n[nH]1. The van der Waals surface area contributed by atoms with Crippen LogP contribution in [0.2, 0.25) is 5.02 Å². The lowest BCUT2D eigenvalue weighted by Crippen LogP contribution is -2.05. The van der Waals surface area contributed by atoms with E-state index in [4.69, 9.17) is 16.1 Å². The third-order valence-corrected chi connectivity index (χ3v) is 2.49. The van der Waals surface area contributed by atoms with Crippen LogP contribution in [0, 0.1) is 0 Å². The Bertz CT molecular complexity index is 762. The zero-order chi connectivity index (χ0) is 13.2. The largest absolute Gasteiger partial charge is 0.332 e. The van der Waals surface area contributed by atoms with Crippen LogP contribution < -0.4 is 5.56 Å². The molecule has 3 heterocycles. The van der Waals surface area contributed by atoms with E-state index in [0.717, 1.165) is 0 Å². The smallest absolute Gasteiger partial charge is 0.278 e. The molecule has 3 aromatic rings. The van der Waals surface area contributed by atoms with Crippen molar-refractivity contribution in [3.63, 3.8) is 0 Å². The van der Waals surface area contributed by atoms with E-state index in [0.29, 0.717) is 22.1 Å². The van der Waals surface area contributed by atoms with Gasteiger partial charge < -0.3 is 4.52 Å². The van der Waals surface area contributed by atoms with Crippen LogP contribution in [-0.2, 0) is 0 Å². The molecule has 7 nitrogen and oxygen atoms in total. The molecular formula is C11H6ClN5O2. The highest BCUT2D eigenvalue weighted by atomic mass is 35.5. The summed E-state index contributed by atoms with van der Waals surface area (Å²) in [5.74, 6) is 0.546. The second kappa shape index (κ2) is 4.62. The highest BCUT2D eigenvalue weighted by molar-refractivity contribution is 6.30. The van der Waals surface area contributed by atoms with Crippen LogP contribution >= 0.6 is 11.6 Å². The topological polar surface area (TPSA) is 97.6 Å². The standard InChI is InChI=1S/C11H6ClN5O2/c12-7-3-6(4-13-5-7)10-14-11(19-17-10)8-1-2-9(18)16-15-8/h1-5H,(H,16,18). The number of nitrogens with one attached hydrogen (secondary N) is 1. The van der Waals surface area contributed by atoms with Crippen molar-refractivity contribution < 1.29 is 4.52 Å². The van der Waals surface area contributed by atoms with Crippen molar-refractivity contribution >= 4 is 11.6 Å². The van der Waals surface area contributed by atoms with E-state index in [-0.39, 0.29) is 11.4 Å². The number of pyridine rings is 1. The van der Waals surface area contributed by atoms with Gasteiger partial charge in [-0.05, 0) is 12.1 Å². The van der Waals surface area contributed by atoms with Gasteiger partial charge in [-0.3, -0.25) is 9.78 Å². The number of hydrogen-bond donors (Lipinski definition) is 1. The maximum Gasteiger partial charge on any atom is 0.278 e. The number of nitrogens with zero attached hydrogens (tertiary/aromatic N) is 4. The predicted octanol–water partition coefficient (Wildman–Crippen LogP) is 1.54. The Morgan fingerprint density at radius 1 is 1.26 bits per heavy atom. The summed E-state index contributed by atoms with van der Waals surface area (Å²) in [4.78, 5) is 19.0. The first-order valence-electron chi connectivity index (χ1n) is 5.23. The summed E-state index contributed by atoms with van der Waals surface area (Å²) in [5, 5.41) is 10.4. The van der Waals surface area contributed by atoms with Crippen LogP contribution in [0.15, 0.2) is 39.9 Å². The molecule has 19 heavy (non-hydrogen) atoms. The van der Waals surface area contributed by atoms with Crippen molar-refractivity contribution in [2.45, 2.75) is 0 Å². The lowest BCUT2D eigenvalue weighted by atomic mass is 10.3. The zero-order valence-corrected chi connectivity index (χ0v) is 10.1. The minimum atomic E-state index is -0.303. The van der Waals surface area contributed by atoms with Gasteiger partial charge in [0.1, 0.15) is 5.69 Å². The molecule has 1 N–H and O–H groups in total. The third kappa shape index (κ3) is 2.36. The summed E-state index contributed by atoms with van der Waals surface area (Å²) in [6.45, 7) is 0. The number of rotatable bonds is 2. The average Bonchev–Trinajstić information content (AvgIpc) is 2.89. The molecule has 0 aliphatic rings. The monoisotopic (exact) mass is 275 g/mol. The van der Waals surface area contributed by atoms with Crippen LogP contribution in [0.1, 0.15) is 0 Å². The molecule has 0 atom stereocenters. The molecule has 0 radical (unpaired) electrons. The van der Waals surface area contributed by atoms with Gasteiger partial charge >= 0.3 is 0 Å². The van der Waals surface area contributed by atoms with E-state index >= 15 is 0 Å². The normalized spacial score (nSPS) is 10.6. The van der Waals surface area contributed by atoms with Crippen molar-refractivity contribution in [3.8, 4) is 23.0 Å². The molecule has 3 rings (SSSR count). The molecule has 0 aromatic carbocycles. The van der Waals surface area contributed by atoms with Gasteiger partial charge in [0, 0.05) is 24.0 Å². The average molecular weight is 276 g/mol. The minimum Gasteiger partial charge on any atom is -0.332 e.